The van der Waals surface area contributed by atoms with Crippen LogP contribution in [-0.2, 0) is 10.0 Å². The second-order valence-electron chi connectivity index (χ2n) is 11.2. The number of carboxylic acid groups (broad SMARTS) is 1. The normalized spacial score (nSPS) is 16.6. The molecule has 3 aromatic rings. The molecule has 0 amide bonds. The fraction of sp³-hybridized carbons (Fsp3) is 0.414. The summed E-state index contributed by atoms with van der Waals surface area (Å²) >= 11 is 0. The molecule has 2 aliphatic rings. The van der Waals surface area contributed by atoms with Crippen molar-refractivity contribution >= 4 is 34.3 Å². The number of carbonyl (C=O) groups is 1. The molecule has 1 aromatic heterocycles. The third-order valence-corrected chi connectivity index (χ3v) is 9.08. The maximum atomic E-state index is 13.4. The molecule has 1 heterocycles. The number of alkyl halides is 3. The zero-order valence-electron chi connectivity index (χ0n) is 23.4. The van der Waals surface area contributed by atoms with Gasteiger partial charge in [0.05, 0.1) is 28.6 Å². The molecule has 1 spiro atoms. The number of hydrogen-bond donors (Lipinski definition) is 3. The first kappa shape index (κ1) is 32.5. The van der Waals surface area contributed by atoms with Crippen molar-refractivity contribution in [2.75, 3.05) is 11.3 Å². The molecule has 0 bridgehead atoms. The second-order valence-corrected chi connectivity index (χ2v) is 12.9. The van der Waals surface area contributed by atoms with Gasteiger partial charge in [-0.1, -0.05) is 24.3 Å². The van der Waals surface area contributed by atoms with E-state index in [0.29, 0.717) is 16.7 Å². The Bertz CT molecular complexity index is 1590. The van der Waals surface area contributed by atoms with Crippen LogP contribution < -0.4 is 14.8 Å². The molecule has 9 nitrogen and oxygen atoms in total. The number of halogens is 4. The first-order valence-corrected chi connectivity index (χ1v) is 15.0. The van der Waals surface area contributed by atoms with Gasteiger partial charge in [0.15, 0.2) is 0 Å². The quantitative estimate of drug-likeness (QED) is 0.236. The highest BCUT2D eigenvalue weighted by molar-refractivity contribution is 7.92. The maximum absolute atomic E-state index is 13.4. The third kappa shape index (κ3) is 7.95. The van der Waals surface area contributed by atoms with Gasteiger partial charge in [-0.15, -0.1) is 12.4 Å². The summed E-state index contributed by atoms with van der Waals surface area (Å²) in [6, 6.07) is 10.7. The summed E-state index contributed by atoms with van der Waals surface area (Å²) in [4.78, 5) is 19.6. The van der Waals surface area contributed by atoms with Gasteiger partial charge < -0.3 is 15.2 Å². The van der Waals surface area contributed by atoms with Crippen molar-refractivity contribution in [3.8, 4) is 17.1 Å². The predicted molar refractivity (Wildman–Crippen MR) is 156 cm³/mol. The SMILES string of the molecule is Cc1cccc(C)c1-c1cc(OCC(CC(F)(F)F)NC2CC3(CC3)C2)nc(NS(=O)(=O)c2cccc(C(=O)O)c2)n1.Cl. The Morgan fingerprint density at radius 1 is 1.09 bits per heavy atom. The van der Waals surface area contributed by atoms with E-state index in [9.17, 15) is 31.5 Å². The Hall–Kier alpha value is -3.42. The molecule has 1 atom stereocenters. The van der Waals surface area contributed by atoms with E-state index < -0.39 is 34.6 Å². The van der Waals surface area contributed by atoms with Crippen LogP contribution in [0, 0.1) is 19.3 Å². The molecule has 0 radical (unpaired) electrons. The molecule has 3 N–H and O–H groups in total. The zero-order valence-corrected chi connectivity index (χ0v) is 25.1. The Morgan fingerprint density at radius 2 is 1.74 bits per heavy atom. The van der Waals surface area contributed by atoms with Crippen LogP contribution in [0.15, 0.2) is 53.4 Å². The number of rotatable bonds is 11. The molecular weight excluding hydrogens is 609 g/mol. The molecule has 1 unspecified atom stereocenters. The van der Waals surface area contributed by atoms with Crippen molar-refractivity contribution in [1.29, 1.82) is 0 Å². The average molecular weight is 641 g/mol. The van der Waals surface area contributed by atoms with Crippen LogP contribution in [0.3, 0.4) is 0 Å². The first-order valence-electron chi connectivity index (χ1n) is 13.5. The summed E-state index contributed by atoms with van der Waals surface area (Å²) in [5.74, 6) is -1.78. The Morgan fingerprint density at radius 3 is 2.35 bits per heavy atom. The van der Waals surface area contributed by atoms with Crippen LogP contribution in [-0.4, -0.2) is 54.3 Å². The molecule has 2 aliphatic carbocycles. The number of ether oxygens (including phenoxy) is 1. The van der Waals surface area contributed by atoms with Crippen LogP contribution in [0.1, 0.15) is 53.6 Å². The van der Waals surface area contributed by atoms with Crippen molar-refractivity contribution in [3.63, 3.8) is 0 Å². The molecular formula is C29H32ClF3N4O5S. The second kappa shape index (κ2) is 12.3. The smallest absolute Gasteiger partial charge is 0.390 e. The Labute approximate surface area is 253 Å². The van der Waals surface area contributed by atoms with Crippen molar-refractivity contribution in [2.24, 2.45) is 5.41 Å². The largest absolute Gasteiger partial charge is 0.478 e. The molecule has 43 heavy (non-hydrogen) atoms. The standard InChI is InChI=1S/C29H31F3N4O5S.ClH/c1-17-5-3-6-18(2)25(17)23-12-24(41-16-21(15-29(30,31)32)33-20-13-28(14-20)9-10-28)35-27(34-23)36-42(39,40)22-8-4-7-19(11-22)26(37)38;/h3-8,11-12,20-21,33H,9-10,13-16H2,1-2H3,(H,37,38)(H,34,35,36);1H. The van der Waals surface area contributed by atoms with Gasteiger partial charge in [0.25, 0.3) is 10.0 Å². The highest BCUT2D eigenvalue weighted by atomic mass is 35.5. The summed E-state index contributed by atoms with van der Waals surface area (Å²) in [5, 5.41) is 12.3. The topological polar surface area (TPSA) is 131 Å². The van der Waals surface area contributed by atoms with Crippen molar-refractivity contribution < 1.29 is 36.2 Å². The monoisotopic (exact) mass is 640 g/mol. The van der Waals surface area contributed by atoms with Gasteiger partial charge in [-0.05, 0) is 74.3 Å². The number of carboxylic acids is 1. The summed E-state index contributed by atoms with van der Waals surface area (Å²) in [5.41, 5.74) is 2.74. The number of aromatic carboxylic acids is 1. The van der Waals surface area contributed by atoms with Gasteiger partial charge in [-0.3, -0.25) is 0 Å². The van der Waals surface area contributed by atoms with Crippen molar-refractivity contribution in [1.82, 2.24) is 15.3 Å². The molecule has 14 heteroatoms. The third-order valence-electron chi connectivity index (χ3n) is 7.75. The number of nitrogens with zero attached hydrogens (tertiary/aromatic N) is 2. The Kier molecular flexibility index (Phi) is 9.29. The van der Waals surface area contributed by atoms with Crippen molar-refractivity contribution in [3.05, 3.63) is 65.2 Å². The van der Waals surface area contributed by atoms with E-state index in [0.717, 1.165) is 42.9 Å². The number of sulfonamides is 1. The van der Waals surface area contributed by atoms with Gasteiger partial charge in [0.2, 0.25) is 11.8 Å². The van der Waals surface area contributed by atoms with E-state index in [2.05, 4.69) is 20.0 Å². The lowest BCUT2D eigenvalue weighted by Gasteiger charge is -2.39. The molecule has 2 saturated carbocycles. The summed E-state index contributed by atoms with van der Waals surface area (Å²) in [6.07, 6.45) is -1.58. The number of nitrogens with one attached hydrogen (secondary N) is 2. The first-order chi connectivity index (χ1) is 19.7. The number of aromatic nitrogens is 2. The minimum absolute atomic E-state index is 0. The average Bonchev–Trinajstić information content (AvgIpc) is 3.67. The molecule has 0 aliphatic heterocycles. The van der Waals surface area contributed by atoms with Gasteiger partial charge >= 0.3 is 12.1 Å². The highest BCUT2D eigenvalue weighted by Crippen LogP contribution is 2.60. The lowest BCUT2D eigenvalue weighted by atomic mass is 9.76. The zero-order chi connectivity index (χ0) is 30.3. The predicted octanol–water partition coefficient (Wildman–Crippen LogP) is 5.91. The summed E-state index contributed by atoms with van der Waals surface area (Å²) < 4.78 is 74.5. The maximum Gasteiger partial charge on any atom is 0.390 e. The van der Waals surface area contributed by atoms with Gasteiger partial charge in [0.1, 0.15) is 6.61 Å². The molecule has 232 valence electrons. The number of hydrogen-bond acceptors (Lipinski definition) is 7. The number of aryl methyl sites for hydroxylation is 2. The molecule has 2 fully saturated rings. The number of benzene rings is 2. The highest BCUT2D eigenvalue weighted by Gasteiger charge is 2.53. The van der Waals surface area contributed by atoms with Gasteiger partial charge in [-0.25, -0.2) is 22.9 Å². The summed E-state index contributed by atoms with van der Waals surface area (Å²) in [6.45, 7) is 3.35. The van der Waals surface area contributed by atoms with E-state index in [1.54, 1.807) is 0 Å². The van der Waals surface area contributed by atoms with E-state index >= 15 is 0 Å². The van der Waals surface area contributed by atoms with Crippen LogP contribution in [0.5, 0.6) is 5.88 Å². The van der Waals surface area contributed by atoms with Crippen LogP contribution in [0.4, 0.5) is 19.1 Å². The van der Waals surface area contributed by atoms with E-state index in [1.807, 2.05) is 32.0 Å². The Balaban J connectivity index is 0.00000423. The lowest BCUT2D eigenvalue weighted by molar-refractivity contribution is -0.142. The van der Waals surface area contributed by atoms with Crippen LogP contribution in [0.2, 0.25) is 0 Å². The molecule has 2 aromatic carbocycles. The minimum atomic E-state index is -4.41. The fourth-order valence-corrected chi connectivity index (χ4v) is 6.51. The van der Waals surface area contributed by atoms with E-state index in [1.165, 1.54) is 24.3 Å². The van der Waals surface area contributed by atoms with E-state index in [4.69, 9.17) is 4.74 Å². The van der Waals surface area contributed by atoms with Crippen LogP contribution >= 0.6 is 12.4 Å². The lowest BCUT2D eigenvalue weighted by Crippen LogP contribution is -2.50. The molecule has 0 saturated heterocycles. The van der Waals surface area contributed by atoms with Crippen LogP contribution in [0.25, 0.3) is 11.3 Å². The minimum Gasteiger partial charge on any atom is -0.478 e. The summed E-state index contributed by atoms with van der Waals surface area (Å²) in [7, 11) is -4.33. The van der Waals surface area contributed by atoms with E-state index in [-0.39, 0.29) is 47.3 Å². The van der Waals surface area contributed by atoms with Crippen molar-refractivity contribution in [2.45, 2.75) is 69.1 Å². The number of anilines is 1. The van der Waals surface area contributed by atoms with Gasteiger partial charge in [0, 0.05) is 17.7 Å². The molecule has 5 rings (SSSR count). The van der Waals surface area contributed by atoms with Gasteiger partial charge in [-0.2, -0.15) is 18.2 Å². The fourth-order valence-electron chi connectivity index (χ4n) is 5.52.